The fourth-order valence-electron chi connectivity index (χ4n) is 2.30. The van der Waals surface area contributed by atoms with Crippen molar-refractivity contribution < 1.29 is 9.53 Å². The first kappa shape index (κ1) is 17.3. The monoisotopic (exact) mass is 299 g/mol. The maximum atomic E-state index is 12.0. The number of carbonyl (C=O) groups is 1. The number of ketones is 1. The molecule has 0 fully saturated rings. The van der Waals surface area contributed by atoms with Gasteiger partial charge in [-0.15, -0.1) is 11.6 Å². The van der Waals surface area contributed by atoms with Crippen molar-refractivity contribution in [1.29, 1.82) is 0 Å². The third-order valence-electron chi connectivity index (χ3n) is 3.43. The van der Waals surface area contributed by atoms with Crippen LogP contribution in [0.2, 0.25) is 0 Å². The normalized spacial score (nSPS) is 12.9. The predicted octanol–water partition coefficient (Wildman–Crippen LogP) is 4.12. The van der Waals surface area contributed by atoms with Crippen LogP contribution >= 0.6 is 11.6 Å². The molecule has 1 atom stereocenters. The second-order valence-corrected chi connectivity index (χ2v) is 6.20. The van der Waals surface area contributed by atoms with Gasteiger partial charge in [0.2, 0.25) is 0 Å². The molecule has 20 heavy (non-hydrogen) atoms. The number of ether oxygens (including phenoxy) is 1. The zero-order chi connectivity index (χ0) is 15.3. The third-order valence-corrected chi connectivity index (χ3v) is 3.63. The van der Waals surface area contributed by atoms with Gasteiger partial charge in [0, 0.05) is 30.1 Å². The Bertz CT molecular complexity index is 450. The van der Waals surface area contributed by atoms with Crippen LogP contribution in [0.3, 0.4) is 0 Å². The number of unbranched alkanes of at least 4 members (excludes halogenated alkanes) is 1. The minimum absolute atomic E-state index is 0.00848. The number of hydrogen-bond acceptors (Lipinski definition) is 2. The molecule has 4 heteroatoms. The molecule has 0 saturated carbocycles. The standard InChI is InChI=1S/C16H26ClNO2/c1-11(2)20-9-7-6-8-18-12(3)10-15(14(18)5)16(19)13(4)17/h10-11,13H,6-9H2,1-5H3. The molecule has 1 aromatic rings. The smallest absolute Gasteiger partial charge is 0.182 e. The third kappa shape index (κ3) is 4.64. The van der Waals surface area contributed by atoms with E-state index in [0.29, 0.717) is 6.10 Å². The fourth-order valence-corrected chi connectivity index (χ4v) is 2.42. The van der Waals surface area contributed by atoms with E-state index in [0.717, 1.165) is 42.9 Å². The first-order valence-electron chi connectivity index (χ1n) is 7.31. The predicted molar refractivity (Wildman–Crippen MR) is 83.9 cm³/mol. The Morgan fingerprint density at radius 2 is 1.95 bits per heavy atom. The van der Waals surface area contributed by atoms with Crippen LogP contribution in [0.5, 0.6) is 0 Å². The van der Waals surface area contributed by atoms with E-state index in [2.05, 4.69) is 4.57 Å². The van der Waals surface area contributed by atoms with Gasteiger partial charge in [0.25, 0.3) is 0 Å². The molecule has 0 aliphatic carbocycles. The minimum atomic E-state index is -0.469. The second-order valence-electron chi connectivity index (χ2n) is 5.54. The number of hydrogen-bond donors (Lipinski definition) is 0. The fraction of sp³-hybridized carbons (Fsp3) is 0.688. The van der Waals surface area contributed by atoms with Crippen molar-refractivity contribution in [3.05, 3.63) is 23.0 Å². The maximum Gasteiger partial charge on any atom is 0.182 e. The number of aromatic nitrogens is 1. The van der Waals surface area contributed by atoms with E-state index in [1.165, 1.54) is 0 Å². The summed E-state index contributed by atoms with van der Waals surface area (Å²) in [6.07, 6.45) is 2.37. The molecular formula is C16H26ClNO2. The molecule has 0 spiro atoms. The zero-order valence-corrected chi connectivity index (χ0v) is 14.0. The number of alkyl halides is 1. The van der Waals surface area contributed by atoms with Crippen LogP contribution in [0.15, 0.2) is 6.07 Å². The highest BCUT2D eigenvalue weighted by molar-refractivity contribution is 6.33. The van der Waals surface area contributed by atoms with Crippen molar-refractivity contribution in [1.82, 2.24) is 4.57 Å². The Balaban J connectivity index is 2.61. The summed E-state index contributed by atoms with van der Waals surface area (Å²) in [5.74, 6) is 0.00848. The minimum Gasteiger partial charge on any atom is -0.379 e. The molecule has 0 N–H and O–H groups in total. The largest absolute Gasteiger partial charge is 0.379 e. The topological polar surface area (TPSA) is 31.2 Å². The lowest BCUT2D eigenvalue weighted by Gasteiger charge is -2.11. The molecule has 0 saturated heterocycles. The van der Waals surface area contributed by atoms with Crippen LogP contribution < -0.4 is 0 Å². The van der Waals surface area contributed by atoms with Gasteiger partial charge >= 0.3 is 0 Å². The van der Waals surface area contributed by atoms with Crippen LogP contribution in [0.25, 0.3) is 0 Å². The molecule has 0 aliphatic heterocycles. The average molecular weight is 300 g/mol. The van der Waals surface area contributed by atoms with E-state index in [4.69, 9.17) is 16.3 Å². The average Bonchev–Trinajstić information content (AvgIpc) is 2.64. The van der Waals surface area contributed by atoms with Gasteiger partial charge in [-0.05, 0) is 53.5 Å². The van der Waals surface area contributed by atoms with E-state index in [1.54, 1.807) is 6.92 Å². The summed E-state index contributed by atoms with van der Waals surface area (Å²) in [4.78, 5) is 12.0. The summed E-state index contributed by atoms with van der Waals surface area (Å²) in [7, 11) is 0. The Kier molecular flexibility index (Phi) is 6.77. The van der Waals surface area contributed by atoms with Crippen molar-refractivity contribution in [3.63, 3.8) is 0 Å². The first-order chi connectivity index (χ1) is 9.34. The molecule has 3 nitrogen and oxygen atoms in total. The number of aryl methyl sites for hydroxylation is 1. The van der Waals surface area contributed by atoms with Gasteiger partial charge in [0.05, 0.1) is 11.5 Å². The molecule has 0 amide bonds. The Hall–Kier alpha value is -0.800. The van der Waals surface area contributed by atoms with Crippen molar-refractivity contribution in [3.8, 4) is 0 Å². The lowest BCUT2D eigenvalue weighted by atomic mass is 10.1. The number of rotatable bonds is 8. The van der Waals surface area contributed by atoms with Crippen LogP contribution in [0.1, 0.15) is 55.4 Å². The molecule has 0 aromatic carbocycles. The van der Waals surface area contributed by atoms with Gasteiger partial charge in [0.1, 0.15) is 0 Å². The van der Waals surface area contributed by atoms with Crippen LogP contribution in [0, 0.1) is 13.8 Å². The van der Waals surface area contributed by atoms with Crippen molar-refractivity contribution in [2.24, 2.45) is 0 Å². The summed E-state index contributed by atoms with van der Waals surface area (Å²) in [6, 6.07) is 1.95. The number of halogens is 1. The summed E-state index contributed by atoms with van der Waals surface area (Å²) in [6.45, 7) is 11.6. The summed E-state index contributed by atoms with van der Waals surface area (Å²) in [5, 5.41) is -0.469. The highest BCUT2D eigenvalue weighted by atomic mass is 35.5. The van der Waals surface area contributed by atoms with Crippen LogP contribution in [-0.2, 0) is 11.3 Å². The van der Waals surface area contributed by atoms with E-state index >= 15 is 0 Å². The van der Waals surface area contributed by atoms with Gasteiger partial charge in [-0.25, -0.2) is 0 Å². The van der Waals surface area contributed by atoms with Crippen molar-refractivity contribution in [2.75, 3.05) is 6.61 Å². The molecule has 1 unspecified atom stereocenters. The summed E-state index contributed by atoms with van der Waals surface area (Å²) in [5.41, 5.74) is 2.89. The highest BCUT2D eigenvalue weighted by Crippen LogP contribution is 2.19. The van der Waals surface area contributed by atoms with E-state index in [1.807, 2.05) is 33.8 Å². The Labute approximate surface area is 127 Å². The van der Waals surface area contributed by atoms with Crippen LogP contribution in [-0.4, -0.2) is 28.4 Å². The van der Waals surface area contributed by atoms with Gasteiger partial charge in [-0.2, -0.15) is 0 Å². The Morgan fingerprint density at radius 3 is 2.50 bits per heavy atom. The summed E-state index contributed by atoms with van der Waals surface area (Å²) < 4.78 is 7.73. The van der Waals surface area contributed by atoms with Gasteiger partial charge in [-0.1, -0.05) is 0 Å². The van der Waals surface area contributed by atoms with Gasteiger partial charge in [-0.3, -0.25) is 4.79 Å². The summed E-state index contributed by atoms with van der Waals surface area (Å²) >= 11 is 5.90. The number of Topliss-reactive ketones (excluding diaryl/α,β-unsaturated/α-hetero) is 1. The molecule has 1 heterocycles. The first-order valence-corrected chi connectivity index (χ1v) is 7.74. The molecule has 0 aliphatic rings. The molecule has 0 bridgehead atoms. The second kappa shape index (κ2) is 7.84. The van der Waals surface area contributed by atoms with Gasteiger partial charge < -0.3 is 9.30 Å². The lowest BCUT2D eigenvalue weighted by molar-refractivity contribution is 0.0754. The highest BCUT2D eigenvalue weighted by Gasteiger charge is 2.18. The molecule has 114 valence electrons. The zero-order valence-electron chi connectivity index (χ0n) is 13.2. The quantitative estimate of drug-likeness (QED) is 0.411. The van der Waals surface area contributed by atoms with E-state index in [-0.39, 0.29) is 5.78 Å². The maximum absolute atomic E-state index is 12.0. The molecule has 1 aromatic heterocycles. The van der Waals surface area contributed by atoms with Crippen molar-refractivity contribution >= 4 is 17.4 Å². The number of nitrogens with zero attached hydrogens (tertiary/aromatic N) is 1. The molecular weight excluding hydrogens is 274 g/mol. The van der Waals surface area contributed by atoms with Gasteiger partial charge in [0.15, 0.2) is 5.78 Å². The van der Waals surface area contributed by atoms with Crippen molar-refractivity contribution in [2.45, 2.75) is 65.5 Å². The Morgan fingerprint density at radius 1 is 1.30 bits per heavy atom. The lowest BCUT2D eigenvalue weighted by Crippen LogP contribution is -2.12. The van der Waals surface area contributed by atoms with Crippen LogP contribution in [0.4, 0.5) is 0 Å². The molecule has 0 radical (unpaired) electrons. The van der Waals surface area contributed by atoms with E-state index < -0.39 is 5.38 Å². The number of carbonyl (C=O) groups excluding carboxylic acids is 1. The molecule has 1 rings (SSSR count). The SMILES string of the molecule is Cc1cc(C(=O)C(C)Cl)c(C)n1CCCCOC(C)C. The van der Waals surface area contributed by atoms with E-state index in [9.17, 15) is 4.79 Å².